The summed E-state index contributed by atoms with van der Waals surface area (Å²) in [5.74, 6) is 2.52. The predicted octanol–water partition coefficient (Wildman–Crippen LogP) is 2.71. The van der Waals surface area contributed by atoms with Crippen LogP contribution in [0.3, 0.4) is 0 Å². The lowest BCUT2D eigenvalue weighted by molar-refractivity contribution is 0.149. The van der Waals surface area contributed by atoms with Gasteiger partial charge in [0, 0.05) is 11.5 Å². The zero-order chi connectivity index (χ0) is 15.7. The Labute approximate surface area is 127 Å². The first-order valence-electron chi connectivity index (χ1n) is 7.78. The van der Waals surface area contributed by atoms with Crippen LogP contribution in [0.25, 0.3) is 0 Å². The highest BCUT2D eigenvalue weighted by Gasteiger charge is 2.35. The van der Waals surface area contributed by atoms with E-state index in [0.29, 0.717) is 11.7 Å². The number of aliphatic hydroxyl groups excluding tert-OH is 1. The number of nitrogens with one attached hydrogen (secondary N) is 1. The van der Waals surface area contributed by atoms with Crippen LogP contribution in [0.15, 0.2) is 6.07 Å². The summed E-state index contributed by atoms with van der Waals surface area (Å²) >= 11 is 0. The zero-order valence-electron chi connectivity index (χ0n) is 13.6. The van der Waals surface area contributed by atoms with Gasteiger partial charge in [-0.1, -0.05) is 40.5 Å². The summed E-state index contributed by atoms with van der Waals surface area (Å²) in [6.07, 6.45) is 4.27. The van der Waals surface area contributed by atoms with Crippen LogP contribution in [0, 0.1) is 5.92 Å². The van der Waals surface area contributed by atoms with Crippen molar-refractivity contribution < 1.29 is 5.11 Å². The SMILES string of the molecule is CC1CCCC(CO)(Nc2cc(N)nc(C(C)(C)C)n2)C1. The second-order valence-corrected chi connectivity index (χ2v) is 7.52. The van der Waals surface area contributed by atoms with E-state index in [1.165, 1.54) is 6.42 Å². The fraction of sp³-hybridized carbons (Fsp3) is 0.750. The highest BCUT2D eigenvalue weighted by Crippen LogP contribution is 2.35. The first-order valence-corrected chi connectivity index (χ1v) is 7.78. The van der Waals surface area contributed by atoms with E-state index in [-0.39, 0.29) is 17.6 Å². The molecule has 1 aromatic heterocycles. The Kier molecular flexibility index (Phi) is 4.42. The Balaban J connectivity index is 2.27. The molecule has 21 heavy (non-hydrogen) atoms. The molecule has 5 heteroatoms. The van der Waals surface area contributed by atoms with E-state index >= 15 is 0 Å². The number of hydrogen-bond acceptors (Lipinski definition) is 5. The van der Waals surface area contributed by atoms with E-state index in [9.17, 15) is 5.11 Å². The Morgan fingerprint density at radius 2 is 2.14 bits per heavy atom. The molecule has 0 spiro atoms. The fourth-order valence-electron chi connectivity index (χ4n) is 3.09. The molecule has 0 bridgehead atoms. The van der Waals surface area contributed by atoms with Crippen LogP contribution in [0.4, 0.5) is 11.6 Å². The summed E-state index contributed by atoms with van der Waals surface area (Å²) in [6, 6.07) is 1.76. The molecule has 1 aliphatic carbocycles. The van der Waals surface area contributed by atoms with Gasteiger partial charge in [0.1, 0.15) is 17.5 Å². The third kappa shape index (κ3) is 3.84. The van der Waals surface area contributed by atoms with Crippen molar-refractivity contribution >= 4 is 11.6 Å². The maximum Gasteiger partial charge on any atom is 0.138 e. The van der Waals surface area contributed by atoms with Crippen LogP contribution in [-0.4, -0.2) is 27.2 Å². The molecule has 1 aromatic rings. The van der Waals surface area contributed by atoms with Crippen LogP contribution < -0.4 is 11.1 Å². The third-order valence-corrected chi connectivity index (χ3v) is 4.20. The number of nitrogen functional groups attached to an aromatic ring is 1. The standard InChI is InChI=1S/C16H28N4O/c1-11-6-5-7-16(9-11,10-21)20-13-8-12(17)18-14(19-13)15(2,3)4/h8,11,21H,5-7,9-10H2,1-4H3,(H3,17,18,19,20). The van der Waals surface area contributed by atoms with Crippen molar-refractivity contribution in [2.24, 2.45) is 5.92 Å². The molecule has 2 unspecified atom stereocenters. The minimum absolute atomic E-state index is 0.117. The minimum atomic E-state index is -0.284. The number of aromatic nitrogens is 2. The van der Waals surface area contributed by atoms with Gasteiger partial charge >= 0.3 is 0 Å². The van der Waals surface area contributed by atoms with Gasteiger partial charge in [-0.2, -0.15) is 0 Å². The highest BCUT2D eigenvalue weighted by atomic mass is 16.3. The van der Waals surface area contributed by atoms with E-state index in [0.717, 1.165) is 30.9 Å². The van der Waals surface area contributed by atoms with Crippen LogP contribution in [-0.2, 0) is 5.41 Å². The normalized spacial score (nSPS) is 26.6. The highest BCUT2D eigenvalue weighted by molar-refractivity contribution is 5.47. The monoisotopic (exact) mass is 292 g/mol. The number of hydrogen-bond donors (Lipinski definition) is 3. The molecule has 0 aliphatic heterocycles. The quantitative estimate of drug-likeness (QED) is 0.797. The third-order valence-electron chi connectivity index (χ3n) is 4.20. The number of nitrogens with two attached hydrogens (primary N) is 1. The van der Waals surface area contributed by atoms with E-state index in [2.05, 4.69) is 43.0 Å². The summed E-state index contributed by atoms with van der Waals surface area (Å²) in [5, 5.41) is 13.3. The first-order chi connectivity index (χ1) is 9.74. The van der Waals surface area contributed by atoms with Crippen LogP contribution in [0.1, 0.15) is 59.2 Å². The summed E-state index contributed by atoms with van der Waals surface area (Å²) in [4.78, 5) is 8.93. The zero-order valence-corrected chi connectivity index (χ0v) is 13.6. The van der Waals surface area contributed by atoms with Crippen LogP contribution >= 0.6 is 0 Å². The van der Waals surface area contributed by atoms with Crippen molar-refractivity contribution in [1.82, 2.24) is 9.97 Å². The van der Waals surface area contributed by atoms with Gasteiger partial charge in [-0.3, -0.25) is 0 Å². The van der Waals surface area contributed by atoms with E-state index in [1.807, 2.05) is 0 Å². The van der Waals surface area contributed by atoms with Gasteiger partial charge in [-0.25, -0.2) is 9.97 Å². The van der Waals surface area contributed by atoms with E-state index < -0.39 is 0 Å². The molecule has 0 saturated heterocycles. The van der Waals surface area contributed by atoms with Gasteiger partial charge < -0.3 is 16.2 Å². The Morgan fingerprint density at radius 3 is 2.71 bits per heavy atom. The van der Waals surface area contributed by atoms with Crippen molar-refractivity contribution in [3.8, 4) is 0 Å². The second-order valence-electron chi connectivity index (χ2n) is 7.52. The number of nitrogens with zero attached hydrogens (tertiary/aromatic N) is 2. The molecule has 4 N–H and O–H groups in total. The van der Waals surface area contributed by atoms with Crippen molar-refractivity contribution in [1.29, 1.82) is 0 Å². The molecule has 1 aliphatic rings. The van der Waals surface area contributed by atoms with E-state index in [4.69, 9.17) is 5.73 Å². The Hall–Kier alpha value is -1.36. The van der Waals surface area contributed by atoms with Crippen LogP contribution in [0.2, 0.25) is 0 Å². The van der Waals surface area contributed by atoms with Gasteiger partial charge in [0.2, 0.25) is 0 Å². The summed E-state index contributed by atoms with van der Waals surface area (Å²) < 4.78 is 0. The smallest absolute Gasteiger partial charge is 0.138 e. The largest absolute Gasteiger partial charge is 0.394 e. The van der Waals surface area contributed by atoms with Gasteiger partial charge in [0.25, 0.3) is 0 Å². The second kappa shape index (κ2) is 5.79. The first kappa shape index (κ1) is 16.0. The van der Waals surface area contributed by atoms with Gasteiger partial charge in [-0.15, -0.1) is 0 Å². The van der Waals surface area contributed by atoms with Crippen molar-refractivity contribution in [3.05, 3.63) is 11.9 Å². The summed E-state index contributed by atoms with van der Waals surface area (Å²) in [5.41, 5.74) is 5.48. The molecule has 5 nitrogen and oxygen atoms in total. The molecule has 2 atom stereocenters. The molecule has 1 heterocycles. The van der Waals surface area contributed by atoms with Crippen LogP contribution in [0.5, 0.6) is 0 Å². The average Bonchev–Trinajstić information content (AvgIpc) is 2.37. The maximum atomic E-state index is 9.88. The lowest BCUT2D eigenvalue weighted by Gasteiger charge is -2.40. The Morgan fingerprint density at radius 1 is 1.43 bits per heavy atom. The summed E-state index contributed by atoms with van der Waals surface area (Å²) in [6.45, 7) is 8.55. The number of aliphatic hydroxyl groups is 1. The van der Waals surface area contributed by atoms with Gasteiger partial charge in [-0.05, 0) is 18.8 Å². The lowest BCUT2D eigenvalue weighted by atomic mass is 9.77. The Bertz CT molecular complexity index is 498. The fourth-order valence-corrected chi connectivity index (χ4v) is 3.09. The molecule has 0 aromatic carbocycles. The topological polar surface area (TPSA) is 84.1 Å². The molecule has 1 saturated carbocycles. The molecule has 118 valence electrons. The maximum absolute atomic E-state index is 9.88. The van der Waals surface area contributed by atoms with Gasteiger partial charge in [0.15, 0.2) is 0 Å². The molecule has 0 radical (unpaired) electrons. The van der Waals surface area contributed by atoms with Crippen molar-refractivity contribution in [3.63, 3.8) is 0 Å². The molecular weight excluding hydrogens is 264 g/mol. The molecular formula is C16H28N4O. The number of rotatable bonds is 3. The van der Waals surface area contributed by atoms with Crippen molar-refractivity contribution in [2.75, 3.05) is 17.7 Å². The van der Waals surface area contributed by atoms with Gasteiger partial charge in [0.05, 0.1) is 12.1 Å². The van der Waals surface area contributed by atoms with E-state index in [1.54, 1.807) is 6.07 Å². The molecule has 2 rings (SSSR count). The minimum Gasteiger partial charge on any atom is -0.394 e. The molecule has 0 amide bonds. The lowest BCUT2D eigenvalue weighted by Crippen LogP contribution is -2.46. The molecule has 1 fully saturated rings. The number of anilines is 2. The predicted molar refractivity (Wildman–Crippen MR) is 86.2 cm³/mol. The average molecular weight is 292 g/mol. The summed E-state index contributed by atoms with van der Waals surface area (Å²) in [7, 11) is 0. The van der Waals surface area contributed by atoms with Crippen molar-refractivity contribution in [2.45, 2.75) is 64.3 Å².